The molecule has 0 spiro atoms. The lowest BCUT2D eigenvalue weighted by atomic mass is 9.98. The molecule has 4 rings (SSSR count). The number of carbonyl (C=O) groups excluding carboxylic acids is 1. The number of nitro groups is 1. The van der Waals surface area contributed by atoms with Crippen molar-refractivity contribution in [2.24, 2.45) is 0 Å². The number of alkyl carbamates (subject to hydrolysis) is 1. The molecule has 2 N–H and O–H groups in total. The van der Waals surface area contributed by atoms with E-state index in [9.17, 15) is 24.8 Å². The lowest BCUT2D eigenvalue weighted by Crippen LogP contribution is -2.26. The third-order valence-corrected chi connectivity index (χ3v) is 5.70. The van der Waals surface area contributed by atoms with Gasteiger partial charge in [-0.15, -0.1) is 0 Å². The van der Waals surface area contributed by atoms with E-state index in [0.717, 1.165) is 28.3 Å². The predicted molar refractivity (Wildman–Crippen MR) is 127 cm³/mol. The summed E-state index contributed by atoms with van der Waals surface area (Å²) in [5, 5.41) is 22.8. The zero-order chi connectivity index (χ0) is 24.1. The Morgan fingerprint density at radius 2 is 1.68 bits per heavy atom. The highest BCUT2D eigenvalue weighted by molar-refractivity contribution is 5.93. The van der Waals surface area contributed by atoms with Gasteiger partial charge in [-0.25, -0.2) is 9.59 Å². The minimum absolute atomic E-state index is 0.0189. The van der Waals surface area contributed by atoms with Gasteiger partial charge in [-0.3, -0.25) is 10.1 Å². The number of nitrogens with zero attached hydrogens (tertiary/aromatic N) is 1. The first-order chi connectivity index (χ1) is 16.5. The third kappa shape index (κ3) is 4.80. The summed E-state index contributed by atoms with van der Waals surface area (Å²) in [5.74, 6) is -1.27. The van der Waals surface area contributed by atoms with Crippen LogP contribution in [0.3, 0.4) is 0 Å². The zero-order valence-electron chi connectivity index (χ0n) is 18.1. The Hall–Kier alpha value is -4.46. The molecule has 0 saturated heterocycles. The molecule has 0 fully saturated rings. The van der Waals surface area contributed by atoms with Crippen molar-refractivity contribution in [3.63, 3.8) is 0 Å². The smallest absolute Gasteiger partial charge is 0.407 e. The SMILES string of the molecule is O=C(NCCC=Cc1ccc([N+](=O)[O-])cc1C(=O)O)OCC1c2ccccc2-c2ccccc21. The number of rotatable bonds is 8. The first kappa shape index (κ1) is 22.7. The molecule has 8 nitrogen and oxygen atoms in total. The van der Waals surface area contributed by atoms with Gasteiger partial charge in [-0.05, 0) is 40.3 Å². The van der Waals surface area contributed by atoms with Gasteiger partial charge in [0.15, 0.2) is 0 Å². The van der Waals surface area contributed by atoms with Crippen LogP contribution in [0.4, 0.5) is 10.5 Å². The number of amides is 1. The van der Waals surface area contributed by atoms with Gasteiger partial charge in [0.1, 0.15) is 6.61 Å². The van der Waals surface area contributed by atoms with Crippen molar-refractivity contribution in [2.75, 3.05) is 13.2 Å². The molecule has 0 saturated carbocycles. The van der Waals surface area contributed by atoms with Crippen LogP contribution in [-0.2, 0) is 4.74 Å². The largest absolute Gasteiger partial charge is 0.478 e. The lowest BCUT2D eigenvalue weighted by molar-refractivity contribution is -0.384. The van der Waals surface area contributed by atoms with Crippen molar-refractivity contribution < 1.29 is 24.4 Å². The van der Waals surface area contributed by atoms with Crippen molar-refractivity contribution in [3.8, 4) is 11.1 Å². The molecule has 3 aromatic carbocycles. The maximum atomic E-state index is 12.2. The van der Waals surface area contributed by atoms with Crippen LogP contribution in [0.15, 0.2) is 72.8 Å². The van der Waals surface area contributed by atoms with Crippen molar-refractivity contribution >= 4 is 23.8 Å². The first-order valence-electron chi connectivity index (χ1n) is 10.7. The summed E-state index contributed by atoms with van der Waals surface area (Å²) in [7, 11) is 0. The number of hydrogen-bond acceptors (Lipinski definition) is 5. The average Bonchev–Trinajstić information content (AvgIpc) is 3.16. The number of nitro benzene ring substituents is 1. The quantitative estimate of drug-likeness (QED) is 0.271. The summed E-state index contributed by atoms with van der Waals surface area (Å²) in [6.45, 7) is 0.517. The number of ether oxygens (including phenoxy) is 1. The number of aromatic carboxylic acids is 1. The number of benzene rings is 3. The molecule has 3 aromatic rings. The molecule has 0 heterocycles. The Kier molecular flexibility index (Phi) is 6.68. The average molecular weight is 458 g/mol. The van der Waals surface area contributed by atoms with Crippen LogP contribution < -0.4 is 5.32 Å². The van der Waals surface area contributed by atoms with Gasteiger partial charge in [-0.1, -0.05) is 60.7 Å². The highest BCUT2D eigenvalue weighted by atomic mass is 16.6. The van der Waals surface area contributed by atoms with Gasteiger partial charge in [0.05, 0.1) is 10.5 Å². The molecule has 0 bridgehead atoms. The summed E-state index contributed by atoms with van der Waals surface area (Å²) in [6, 6.07) is 19.9. The number of carboxylic acid groups (broad SMARTS) is 1. The van der Waals surface area contributed by atoms with E-state index in [4.69, 9.17) is 4.74 Å². The molecular formula is C26H22N2O6. The van der Waals surface area contributed by atoms with Crippen molar-refractivity contribution in [2.45, 2.75) is 12.3 Å². The fourth-order valence-electron chi connectivity index (χ4n) is 4.11. The molecule has 172 valence electrons. The molecule has 1 amide bonds. The Morgan fingerprint density at radius 3 is 2.29 bits per heavy atom. The maximum Gasteiger partial charge on any atom is 0.407 e. The van der Waals surface area contributed by atoms with Gasteiger partial charge in [0.25, 0.3) is 5.69 Å². The van der Waals surface area contributed by atoms with E-state index in [2.05, 4.69) is 29.6 Å². The normalized spacial score (nSPS) is 12.2. The van der Waals surface area contributed by atoms with Crippen LogP contribution in [0.25, 0.3) is 17.2 Å². The second-order valence-electron chi connectivity index (χ2n) is 7.78. The van der Waals surface area contributed by atoms with Gasteiger partial charge >= 0.3 is 12.1 Å². The summed E-state index contributed by atoms with van der Waals surface area (Å²) >= 11 is 0. The molecule has 0 aliphatic heterocycles. The van der Waals surface area contributed by atoms with Crippen LogP contribution in [0.5, 0.6) is 0 Å². The topological polar surface area (TPSA) is 119 Å². The number of fused-ring (bicyclic) bond motifs is 3. The maximum absolute atomic E-state index is 12.2. The fourth-order valence-corrected chi connectivity index (χ4v) is 4.11. The number of carbonyl (C=O) groups is 2. The van der Waals surface area contributed by atoms with Gasteiger partial charge in [0, 0.05) is 24.6 Å². The van der Waals surface area contributed by atoms with Crippen LogP contribution in [0.2, 0.25) is 0 Å². The van der Waals surface area contributed by atoms with Crippen LogP contribution in [0, 0.1) is 10.1 Å². The summed E-state index contributed by atoms with van der Waals surface area (Å²) in [6.07, 6.45) is 3.15. The predicted octanol–water partition coefficient (Wildman–Crippen LogP) is 5.24. The van der Waals surface area contributed by atoms with E-state index < -0.39 is 17.0 Å². The van der Waals surface area contributed by atoms with E-state index >= 15 is 0 Å². The Labute approximate surface area is 195 Å². The van der Waals surface area contributed by atoms with E-state index in [1.165, 1.54) is 12.1 Å². The molecule has 0 aromatic heterocycles. The van der Waals surface area contributed by atoms with Crippen LogP contribution in [-0.4, -0.2) is 35.2 Å². The summed E-state index contributed by atoms with van der Waals surface area (Å²) in [5.41, 5.74) is 4.49. The van der Waals surface area contributed by atoms with E-state index in [0.29, 0.717) is 18.5 Å². The molecule has 34 heavy (non-hydrogen) atoms. The molecule has 1 aliphatic rings. The molecule has 0 atom stereocenters. The van der Waals surface area contributed by atoms with Crippen molar-refractivity contribution in [1.29, 1.82) is 0 Å². The second-order valence-corrected chi connectivity index (χ2v) is 7.78. The van der Waals surface area contributed by atoms with Crippen LogP contribution in [0.1, 0.15) is 39.4 Å². The summed E-state index contributed by atoms with van der Waals surface area (Å²) in [4.78, 5) is 33.8. The number of non-ortho nitro benzene ring substituents is 1. The van der Waals surface area contributed by atoms with E-state index in [1.54, 1.807) is 12.2 Å². The number of carboxylic acids is 1. The van der Waals surface area contributed by atoms with Crippen molar-refractivity contribution in [3.05, 3.63) is 105 Å². The van der Waals surface area contributed by atoms with Crippen molar-refractivity contribution in [1.82, 2.24) is 5.32 Å². The Bertz CT molecular complexity index is 1240. The molecular weight excluding hydrogens is 436 g/mol. The Morgan fingerprint density at radius 1 is 1.03 bits per heavy atom. The van der Waals surface area contributed by atoms with Gasteiger partial charge in [0.2, 0.25) is 0 Å². The highest BCUT2D eigenvalue weighted by Crippen LogP contribution is 2.44. The monoisotopic (exact) mass is 458 g/mol. The minimum atomic E-state index is -1.25. The minimum Gasteiger partial charge on any atom is -0.478 e. The van der Waals surface area contributed by atoms with E-state index in [1.807, 2.05) is 24.3 Å². The molecule has 8 heteroatoms. The highest BCUT2D eigenvalue weighted by Gasteiger charge is 2.28. The Balaban J connectivity index is 1.29. The number of nitrogens with one attached hydrogen (secondary N) is 1. The lowest BCUT2D eigenvalue weighted by Gasteiger charge is -2.14. The fraction of sp³-hybridized carbons (Fsp3) is 0.154. The molecule has 0 unspecified atom stereocenters. The third-order valence-electron chi connectivity index (χ3n) is 5.70. The number of hydrogen-bond donors (Lipinski definition) is 2. The van der Waals surface area contributed by atoms with E-state index in [-0.39, 0.29) is 23.8 Å². The standard InChI is InChI=1S/C26H22N2O6/c29-25(30)23-15-18(28(32)33)13-12-17(23)7-5-6-14-27-26(31)34-16-24-21-10-3-1-8-19(21)20-9-2-4-11-22(20)24/h1-5,7-13,15,24H,6,14,16H2,(H,27,31)(H,29,30). The van der Waals surface area contributed by atoms with Crippen LogP contribution >= 0.6 is 0 Å². The van der Waals surface area contributed by atoms with Gasteiger partial charge < -0.3 is 15.2 Å². The second kappa shape index (κ2) is 9.99. The zero-order valence-corrected chi connectivity index (χ0v) is 18.1. The molecule has 1 aliphatic carbocycles. The first-order valence-corrected chi connectivity index (χ1v) is 10.7. The van der Waals surface area contributed by atoms with Gasteiger partial charge in [-0.2, -0.15) is 0 Å². The molecule has 0 radical (unpaired) electrons. The summed E-state index contributed by atoms with van der Waals surface area (Å²) < 4.78 is 5.47.